The molecule has 0 amide bonds. The van der Waals surface area contributed by atoms with Crippen LogP contribution in [0.5, 0.6) is 0 Å². The summed E-state index contributed by atoms with van der Waals surface area (Å²) in [6.07, 6.45) is 4.17. The summed E-state index contributed by atoms with van der Waals surface area (Å²) in [7, 11) is 0. The van der Waals surface area contributed by atoms with Gasteiger partial charge in [0.05, 0.1) is 6.54 Å². The van der Waals surface area contributed by atoms with Gasteiger partial charge in [0, 0.05) is 6.61 Å². The van der Waals surface area contributed by atoms with Gasteiger partial charge in [-0.2, -0.15) is 15.0 Å². The molecule has 1 heterocycles. The van der Waals surface area contributed by atoms with Gasteiger partial charge in [0.25, 0.3) is 0 Å². The number of hydrogen-bond donors (Lipinski definition) is 1. The Balaban J connectivity index is 1.85. The Morgan fingerprint density at radius 3 is 2.19 bits per heavy atom. The highest BCUT2D eigenvalue weighted by molar-refractivity contribution is 5.72. The van der Waals surface area contributed by atoms with Gasteiger partial charge in [-0.25, -0.2) is 0 Å². The molecule has 2 rings (SSSR count). The van der Waals surface area contributed by atoms with E-state index in [0.717, 1.165) is 43.3 Å². The van der Waals surface area contributed by atoms with Gasteiger partial charge in [-0.15, -0.1) is 0 Å². The predicted molar refractivity (Wildman–Crippen MR) is 63.1 cm³/mol. The molecule has 1 N–H and O–H groups in total. The Morgan fingerprint density at radius 1 is 0.938 bits per heavy atom. The molecule has 4 nitrogen and oxygen atoms in total. The van der Waals surface area contributed by atoms with Crippen LogP contribution in [0.25, 0.3) is 11.0 Å². The Bertz CT molecular complexity index is 406. The molecule has 0 atom stereocenters. The number of aryl methyl sites for hydroxylation is 1. The van der Waals surface area contributed by atoms with Crippen LogP contribution in [-0.2, 0) is 6.54 Å². The first kappa shape index (κ1) is 11.1. The zero-order valence-electron chi connectivity index (χ0n) is 9.34. The van der Waals surface area contributed by atoms with E-state index in [9.17, 15) is 0 Å². The van der Waals surface area contributed by atoms with E-state index in [1.54, 1.807) is 4.80 Å². The predicted octanol–water partition coefficient (Wildman–Crippen LogP) is 1.98. The Kier molecular flexibility index (Phi) is 3.88. The normalized spacial score (nSPS) is 11.1. The third-order valence-electron chi connectivity index (χ3n) is 2.59. The first-order valence-corrected chi connectivity index (χ1v) is 5.81. The quantitative estimate of drug-likeness (QED) is 0.756. The van der Waals surface area contributed by atoms with Crippen LogP contribution in [-0.4, -0.2) is 26.7 Å². The summed E-state index contributed by atoms with van der Waals surface area (Å²) in [6.45, 7) is 1.16. The lowest BCUT2D eigenvalue weighted by atomic mass is 10.2. The highest BCUT2D eigenvalue weighted by atomic mass is 16.2. The molecule has 0 bridgehead atoms. The average molecular weight is 219 g/mol. The van der Waals surface area contributed by atoms with E-state index in [4.69, 9.17) is 5.11 Å². The van der Waals surface area contributed by atoms with Gasteiger partial charge in [0.1, 0.15) is 11.0 Å². The smallest absolute Gasteiger partial charge is 0.113 e. The van der Waals surface area contributed by atoms with Crippen molar-refractivity contribution in [3.05, 3.63) is 24.3 Å². The van der Waals surface area contributed by atoms with Crippen LogP contribution < -0.4 is 0 Å². The number of nitrogens with zero attached hydrogens (tertiary/aromatic N) is 3. The maximum atomic E-state index is 8.65. The van der Waals surface area contributed by atoms with Crippen LogP contribution in [0, 0.1) is 0 Å². The summed E-state index contributed by atoms with van der Waals surface area (Å²) in [5.41, 5.74) is 1.91. The van der Waals surface area contributed by atoms with Crippen LogP contribution in [0.15, 0.2) is 24.3 Å². The Morgan fingerprint density at radius 2 is 1.56 bits per heavy atom. The molecule has 0 saturated carbocycles. The van der Waals surface area contributed by atoms with E-state index in [-0.39, 0.29) is 0 Å². The van der Waals surface area contributed by atoms with E-state index < -0.39 is 0 Å². The monoisotopic (exact) mass is 219 g/mol. The zero-order chi connectivity index (χ0) is 11.2. The second-order valence-corrected chi connectivity index (χ2v) is 3.92. The molecule has 4 heteroatoms. The summed E-state index contributed by atoms with van der Waals surface area (Å²) in [6, 6.07) is 7.90. The minimum Gasteiger partial charge on any atom is -0.396 e. The van der Waals surface area contributed by atoms with Crippen LogP contribution in [0.2, 0.25) is 0 Å². The number of rotatable bonds is 6. The fraction of sp³-hybridized carbons (Fsp3) is 0.500. The maximum Gasteiger partial charge on any atom is 0.113 e. The number of aromatic nitrogens is 3. The fourth-order valence-corrected chi connectivity index (χ4v) is 1.72. The number of unbranched alkanes of at least 4 members (excludes halogenated alkanes) is 3. The minimum atomic E-state index is 0.296. The molecule has 0 radical (unpaired) electrons. The molecule has 16 heavy (non-hydrogen) atoms. The van der Waals surface area contributed by atoms with Crippen molar-refractivity contribution in [2.75, 3.05) is 6.61 Å². The van der Waals surface area contributed by atoms with Crippen LogP contribution in [0.1, 0.15) is 25.7 Å². The molecule has 0 aliphatic carbocycles. The molecule has 1 aromatic carbocycles. The fourth-order valence-electron chi connectivity index (χ4n) is 1.72. The third-order valence-corrected chi connectivity index (χ3v) is 2.59. The number of benzene rings is 1. The topological polar surface area (TPSA) is 50.9 Å². The van der Waals surface area contributed by atoms with Crippen LogP contribution in [0.4, 0.5) is 0 Å². The number of aliphatic hydroxyl groups is 1. The second-order valence-electron chi connectivity index (χ2n) is 3.92. The van der Waals surface area contributed by atoms with Crippen molar-refractivity contribution in [1.82, 2.24) is 15.0 Å². The lowest BCUT2D eigenvalue weighted by molar-refractivity contribution is 0.281. The Labute approximate surface area is 94.9 Å². The lowest BCUT2D eigenvalue weighted by Gasteiger charge is -1.99. The lowest BCUT2D eigenvalue weighted by Crippen LogP contribution is -2.02. The molecule has 0 aliphatic rings. The zero-order valence-corrected chi connectivity index (χ0v) is 9.34. The van der Waals surface area contributed by atoms with Gasteiger partial charge in [-0.05, 0) is 25.0 Å². The van der Waals surface area contributed by atoms with E-state index in [2.05, 4.69) is 10.2 Å². The molecular formula is C12H17N3O. The average Bonchev–Trinajstić information content (AvgIpc) is 2.71. The third kappa shape index (κ3) is 2.79. The van der Waals surface area contributed by atoms with Crippen molar-refractivity contribution in [2.24, 2.45) is 0 Å². The van der Waals surface area contributed by atoms with E-state index in [1.807, 2.05) is 24.3 Å². The molecule has 2 aromatic rings. The first-order valence-electron chi connectivity index (χ1n) is 5.81. The molecule has 0 saturated heterocycles. The standard InChI is InChI=1S/C12H17N3O/c16-10-6-2-1-5-9-15-13-11-7-3-4-8-12(11)14-15/h3-4,7-8,16H,1-2,5-6,9-10H2. The largest absolute Gasteiger partial charge is 0.396 e. The van der Waals surface area contributed by atoms with Crippen LogP contribution in [0.3, 0.4) is 0 Å². The van der Waals surface area contributed by atoms with E-state index in [0.29, 0.717) is 6.61 Å². The number of aliphatic hydroxyl groups excluding tert-OH is 1. The number of fused-ring (bicyclic) bond motifs is 1. The SMILES string of the molecule is OCCCCCCn1nc2ccccc2n1. The molecule has 0 unspecified atom stereocenters. The molecule has 0 aliphatic heterocycles. The molecule has 0 fully saturated rings. The molecule has 86 valence electrons. The van der Waals surface area contributed by atoms with Gasteiger partial charge in [-0.3, -0.25) is 0 Å². The van der Waals surface area contributed by atoms with E-state index >= 15 is 0 Å². The molecular weight excluding hydrogens is 202 g/mol. The second kappa shape index (κ2) is 5.61. The highest BCUT2D eigenvalue weighted by Crippen LogP contribution is 2.08. The number of hydrogen-bond acceptors (Lipinski definition) is 3. The Hall–Kier alpha value is -1.42. The van der Waals surface area contributed by atoms with Crippen molar-refractivity contribution in [2.45, 2.75) is 32.2 Å². The summed E-state index contributed by atoms with van der Waals surface area (Å²) >= 11 is 0. The van der Waals surface area contributed by atoms with Crippen molar-refractivity contribution in [1.29, 1.82) is 0 Å². The van der Waals surface area contributed by atoms with Crippen molar-refractivity contribution in [3.8, 4) is 0 Å². The van der Waals surface area contributed by atoms with Crippen molar-refractivity contribution < 1.29 is 5.11 Å². The summed E-state index contributed by atoms with van der Waals surface area (Å²) in [5, 5.41) is 17.4. The molecule has 1 aromatic heterocycles. The van der Waals surface area contributed by atoms with Gasteiger partial charge >= 0.3 is 0 Å². The molecule has 0 spiro atoms. The summed E-state index contributed by atoms with van der Waals surface area (Å²) in [4.78, 5) is 1.77. The highest BCUT2D eigenvalue weighted by Gasteiger charge is 2.00. The van der Waals surface area contributed by atoms with Crippen LogP contribution >= 0.6 is 0 Å². The van der Waals surface area contributed by atoms with E-state index in [1.165, 1.54) is 0 Å². The first-order chi connectivity index (χ1) is 7.90. The van der Waals surface area contributed by atoms with Gasteiger partial charge in [0.15, 0.2) is 0 Å². The summed E-state index contributed by atoms with van der Waals surface area (Å²) < 4.78 is 0. The summed E-state index contributed by atoms with van der Waals surface area (Å²) in [5.74, 6) is 0. The maximum absolute atomic E-state index is 8.65. The minimum absolute atomic E-state index is 0.296. The van der Waals surface area contributed by atoms with Gasteiger partial charge in [-0.1, -0.05) is 25.0 Å². The van der Waals surface area contributed by atoms with Gasteiger partial charge in [0.2, 0.25) is 0 Å². The van der Waals surface area contributed by atoms with Crippen molar-refractivity contribution >= 4 is 11.0 Å². The van der Waals surface area contributed by atoms with Crippen molar-refractivity contribution in [3.63, 3.8) is 0 Å². The van der Waals surface area contributed by atoms with Gasteiger partial charge < -0.3 is 5.11 Å².